The van der Waals surface area contributed by atoms with Crippen LogP contribution in [0.5, 0.6) is 5.75 Å². The molecule has 1 atom stereocenters. The highest BCUT2D eigenvalue weighted by Gasteiger charge is 2.34. The Morgan fingerprint density at radius 1 is 1.12 bits per heavy atom. The number of hydrogen-bond donors (Lipinski definition) is 1. The topological polar surface area (TPSA) is 88.5 Å². The largest absolute Gasteiger partial charge is 0.497 e. The number of nitrogens with one attached hydrogen (secondary N) is 1. The zero-order valence-corrected chi connectivity index (χ0v) is 18.2. The number of hydrogen-bond acceptors (Lipinski definition) is 4. The number of H-pyrrole nitrogens is 1. The van der Waals surface area contributed by atoms with E-state index < -0.39 is 4.92 Å². The first-order valence-electron chi connectivity index (χ1n) is 10.8. The molecule has 1 aromatic heterocycles. The van der Waals surface area contributed by atoms with E-state index in [1.807, 2.05) is 53.4 Å². The molecule has 1 unspecified atom stereocenters. The lowest BCUT2D eigenvalue weighted by molar-refractivity contribution is -0.384. The number of carbonyl (C=O) groups excluding carboxylic acids is 1. The van der Waals surface area contributed by atoms with Crippen LogP contribution in [0.3, 0.4) is 0 Å². The van der Waals surface area contributed by atoms with Crippen LogP contribution < -0.4 is 4.74 Å². The van der Waals surface area contributed by atoms with E-state index in [1.54, 1.807) is 19.2 Å². The maximum Gasteiger partial charge on any atom is 0.269 e. The van der Waals surface area contributed by atoms with E-state index in [1.165, 1.54) is 12.1 Å². The van der Waals surface area contributed by atoms with Crippen molar-refractivity contribution in [2.24, 2.45) is 0 Å². The zero-order valence-electron chi connectivity index (χ0n) is 18.2. The Bertz CT molecular complexity index is 1330. The number of amides is 1. The van der Waals surface area contributed by atoms with E-state index in [0.717, 1.165) is 39.0 Å². The van der Waals surface area contributed by atoms with Gasteiger partial charge < -0.3 is 14.6 Å². The highest BCUT2D eigenvalue weighted by molar-refractivity contribution is 5.88. The van der Waals surface area contributed by atoms with Gasteiger partial charge in [0.2, 0.25) is 5.91 Å². The predicted molar refractivity (Wildman–Crippen MR) is 125 cm³/mol. The van der Waals surface area contributed by atoms with Crippen molar-refractivity contribution in [1.29, 1.82) is 0 Å². The third-order valence-electron chi connectivity index (χ3n) is 6.27. The van der Waals surface area contributed by atoms with E-state index in [4.69, 9.17) is 4.74 Å². The number of aromatic amines is 1. The molecule has 0 saturated heterocycles. The van der Waals surface area contributed by atoms with Crippen molar-refractivity contribution in [3.8, 4) is 5.75 Å². The van der Waals surface area contributed by atoms with Gasteiger partial charge in [-0.25, -0.2) is 0 Å². The van der Waals surface area contributed by atoms with Crippen molar-refractivity contribution in [2.45, 2.75) is 18.9 Å². The second-order valence-electron chi connectivity index (χ2n) is 8.18. The van der Waals surface area contributed by atoms with Crippen LogP contribution >= 0.6 is 0 Å². The van der Waals surface area contributed by atoms with Gasteiger partial charge in [-0.3, -0.25) is 14.9 Å². The molecule has 5 rings (SSSR count). The van der Waals surface area contributed by atoms with Crippen molar-refractivity contribution < 1.29 is 14.5 Å². The Hall–Kier alpha value is -4.13. The Labute approximate surface area is 190 Å². The van der Waals surface area contributed by atoms with Gasteiger partial charge in [0.1, 0.15) is 5.75 Å². The Kier molecular flexibility index (Phi) is 5.30. The summed E-state index contributed by atoms with van der Waals surface area (Å²) in [4.78, 5) is 29.6. The summed E-state index contributed by atoms with van der Waals surface area (Å²) in [6.45, 7) is 0.560. The normalized spacial score (nSPS) is 15.3. The number of nitrogens with zero attached hydrogens (tertiary/aromatic N) is 2. The van der Waals surface area contributed by atoms with Crippen molar-refractivity contribution in [1.82, 2.24) is 9.88 Å². The summed E-state index contributed by atoms with van der Waals surface area (Å²) in [6.07, 6.45) is 1.01. The van der Waals surface area contributed by atoms with Gasteiger partial charge in [0.15, 0.2) is 0 Å². The van der Waals surface area contributed by atoms with Gasteiger partial charge >= 0.3 is 0 Å². The van der Waals surface area contributed by atoms with Crippen LogP contribution in [0.15, 0.2) is 72.8 Å². The molecule has 1 aliphatic rings. The van der Waals surface area contributed by atoms with E-state index >= 15 is 0 Å². The lowest BCUT2D eigenvalue weighted by atomic mass is 9.91. The van der Waals surface area contributed by atoms with Gasteiger partial charge in [-0.1, -0.05) is 30.3 Å². The standard InChI is InChI=1S/C26H23N3O4/c1-33-20-11-12-23-22(16-20)21-13-14-28(24(30)15-17-5-3-2-4-6-17)26(25(21)27-23)18-7-9-19(10-8-18)29(31)32/h2-12,16,26-27H,13-15H2,1H3. The predicted octanol–water partition coefficient (Wildman–Crippen LogP) is 4.80. The molecular weight excluding hydrogens is 418 g/mol. The van der Waals surface area contributed by atoms with Crippen molar-refractivity contribution in [2.75, 3.05) is 13.7 Å². The molecule has 0 aliphatic carbocycles. The molecular formula is C26H23N3O4. The fraction of sp³-hybridized carbons (Fsp3) is 0.192. The van der Waals surface area contributed by atoms with Crippen LogP contribution in [0, 0.1) is 10.1 Å². The molecule has 0 fully saturated rings. The van der Waals surface area contributed by atoms with Crippen LogP contribution in [-0.2, 0) is 17.6 Å². The van der Waals surface area contributed by atoms with E-state index in [2.05, 4.69) is 4.98 Å². The number of rotatable bonds is 5. The third kappa shape index (κ3) is 3.82. The molecule has 0 radical (unpaired) electrons. The molecule has 1 N–H and O–H groups in total. The van der Waals surface area contributed by atoms with Gasteiger partial charge in [0, 0.05) is 35.3 Å². The number of fused-ring (bicyclic) bond motifs is 3. The van der Waals surface area contributed by atoms with Gasteiger partial charge in [-0.15, -0.1) is 0 Å². The summed E-state index contributed by atoms with van der Waals surface area (Å²) in [5.41, 5.74) is 4.89. The highest BCUT2D eigenvalue weighted by atomic mass is 16.6. The highest BCUT2D eigenvalue weighted by Crippen LogP contribution is 2.40. The van der Waals surface area contributed by atoms with E-state index in [9.17, 15) is 14.9 Å². The van der Waals surface area contributed by atoms with Crippen molar-refractivity contribution in [3.05, 3.63) is 105 Å². The molecule has 1 amide bonds. The lowest BCUT2D eigenvalue weighted by Crippen LogP contribution is -2.41. The number of benzene rings is 3. The number of aromatic nitrogens is 1. The number of non-ortho nitro benzene ring substituents is 1. The minimum Gasteiger partial charge on any atom is -0.497 e. The second-order valence-corrected chi connectivity index (χ2v) is 8.18. The Morgan fingerprint density at radius 3 is 2.58 bits per heavy atom. The maximum atomic E-state index is 13.4. The molecule has 7 nitrogen and oxygen atoms in total. The molecule has 33 heavy (non-hydrogen) atoms. The van der Waals surface area contributed by atoms with Gasteiger partial charge in [-0.2, -0.15) is 0 Å². The van der Waals surface area contributed by atoms with Crippen LogP contribution in [0.1, 0.15) is 28.4 Å². The monoisotopic (exact) mass is 441 g/mol. The van der Waals surface area contributed by atoms with Crippen LogP contribution in [-0.4, -0.2) is 34.4 Å². The Balaban J connectivity index is 1.59. The number of methoxy groups -OCH3 is 1. The molecule has 7 heteroatoms. The first kappa shape index (κ1) is 20.8. The molecule has 1 aliphatic heterocycles. The average Bonchev–Trinajstić information content (AvgIpc) is 3.22. The SMILES string of the molecule is COc1ccc2[nH]c3c(c2c1)CCN(C(=O)Cc1ccccc1)C3c1ccc([N+](=O)[O-])cc1. The molecule has 166 valence electrons. The van der Waals surface area contributed by atoms with Crippen molar-refractivity contribution >= 4 is 22.5 Å². The van der Waals surface area contributed by atoms with E-state index in [0.29, 0.717) is 19.4 Å². The van der Waals surface area contributed by atoms with Crippen molar-refractivity contribution in [3.63, 3.8) is 0 Å². The van der Waals surface area contributed by atoms with E-state index in [-0.39, 0.29) is 17.6 Å². The van der Waals surface area contributed by atoms with Crippen LogP contribution in [0.4, 0.5) is 5.69 Å². The summed E-state index contributed by atoms with van der Waals surface area (Å²) in [5.74, 6) is 0.796. The summed E-state index contributed by atoms with van der Waals surface area (Å²) in [5, 5.41) is 12.2. The van der Waals surface area contributed by atoms with Gasteiger partial charge in [0.25, 0.3) is 5.69 Å². The first-order valence-corrected chi connectivity index (χ1v) is 10.8. The molecule has 2 heterocycles. The number of nitro groups is 1. The van der Waals surface area contributed by atoms with Crippen LogP contribution in [0.2, 0.25) is 0 Å². The third-order valence-corrected chi connectivity index (χ3v) is 6.27. The molecule has 4 aromatic rings. The number of carbonyl (C=O) groups is 1. The quantitative estimate of drug-likeness (QED) is 0.356. The molecule has 0 saturated carbocycles. The minimum absolute atomic E-state index is 0.0199. The van der Waals surface area contributed by atoms with Gasteiger partial charge in [-0.05, 0) is 53.4 Å². The van der Waals surface area contributed by atoms with Gasteiger partial charge in [0.05, 0.1) is 24.5 Å². The summed E-state index contributed by atoms with van der Waals surface area (Å²) in [7, 11) is 1.64. The minimum atomic E-state index is -0.413. The summed E-state index contributed by atoms with van der Waals surface area (Å²) >= 11 is 0. The fourth-order valence-electron chi connectivity index (χ4n) is 4.66. The fourth-order valence-corrected chi connectivity index (χ4v) is 4.66. The average molecular weight is 441 g/mol. The lowest BCUT2D eigenvalue weighted by Gasteiger charge is -2.36. The first-order chi connectivity index (χ1) is 16.0. The zero-order chi connectivity index (χ0) is 22.9. The maximum absolute atomic E-state index is 13.4. The summed E-state index contributed by atoms with van der Waals surface area (Å²) in [6, 6.07) is 21.7. The summed E-state index contributed by atoms with van der Waals surface area (Å²) < 4.78 is 5.41. The smallest absolute Gasteiger partial charge is 0.269 e. The molecule has 0 bridgehead atoms. The second kappa shape index (κ2) is 8.43. The van der Waals surface area contributed by atoms with Crippen LogP contribution in [0.25, 0.3) is 10.9 Å². The molecule has 0 spiro atoms. The molecule has 3 aromatic carbocycles. The number of ether oxygens (including phenoxy) is 1. The Morgan fingerprint density at radius 2 is 1.88 bits per heavy atom. The number of nitro benzene ring substituents is 1.